The molecule has 0 radical (unpaired) electrons. The number of hydrogen-bond acceptors (Lipinski definition) is 2. The van der Waals surface area contributed by atoms with Gasteiger partial charge in [0, 0.05) is 5.39 Å². The molecular formula is C17H26O3S. The van der Waals surface area contributed by atoms with Crippen LogP contribution in [0.5, 0.6) is 0 Å². The monoisotopic (exact) mass is 310 g/mol. The van der Waals surface area contributed by atoms with Crippen LogP contribution in [-0.4, -0.2) is 13.0 Å². The van der Waals surface area contributed by atoms with Gasteiger partial charge in [-0.05, 0) is 23.4 Å². The van der Waals surface area contributed by atoms with E-state index in [4.69, 9.17) is 4.55 Å². The lowest BCUT2D eigenvalue weighted by Gasteiger charge is -2.07. The van der Waals surface area contributed by atoms with E-state index in [0.717, 1.165) is 17.4 Å². The summed E-state index contributed by atoms with van der Waals surface area (Å²) >= 11 is 0. The quantitative estimate of drug-likeness (QED) is 0.786. The number of rotatable bonds is 2. The van der Waals surface area contributed by atoms with Gasteiger partial charge in [-0.3, -0.25) is 4.55 Å². The van der Waals surface area contributed by atoms with Crippen LogP contribution in [0.3, 0.4) is 0 Å². The molecule has 0 atom stereocenters. The fourth-order valence-corrected chi connectivity index (χ4v) is 2.56. The van der Waals surface area contributed by atoms with Crippen LogP contribution >= 0.6 is 0 Å². The highest BCUT2D eigenvalue weighted by Crippen LogP contribution is 2.26. The molecule has 0 aliphatic carbocycles. The van der Waals surface area contributed by atoms with Gasteiger partial charge in [0.25, 0.3) is 10.1 Å². The second-order valence-electron chi connectivity index (χ2n) is 4.30. The third-order valence-electron chi connectivity index (χ3n) is 2.63. The predicted molar refractivity (Wildman–Crippen MR) is 90.5 cm³/mol. The highest BCUT2D eigenvalue weighted by atomic mass is 32.2. The van der Waals surface area contributed by atoms with Crippen LogP contribution in [0.15, 0.2) is 41.3 Å². The van der Waals surface area contributed by atoms with E-state index in [-0.39, 0.29) is 4.90 Å². The van der Waals surface area contributed by atoms with Gasteiger partial charge in [0.1, 0.15) is 4.90 Å². The maximum Gasteiger partial charge on any atom is 0.295 e. The molecule has 21 heavy (non-hydrogen) atoms. The molecule has 0 fully saturated rings. The van der Waals surface area contributed by atoms with Crippen LogP contribution in [0.25, 0.3) is 10.8 Å². The molecular weight excluding hydrogens is 284 g/mol. The van der Waals surface area contributed by atoms with Crippen molar-refractivity contribution in [3.63, 3.8) is 0 Å². The van der Waals surface area contributed by atoms with E-state index in [1.807, 2.05) is 32.9 Å². The molecule has 0 bridgehead atoms. The summed E-state index contributed by atoms with van der Waals surface area (Å²) in [5, 5.41) is 1.45. The van der Waals surface area contributed by atoms with Gasteiger partial charge in [-0.15, -0.1) is 0 Å². The summed E-state index contributed by atoms with van der Waals surface area (Å²) in [7, 11) is -4.15. The molecule has 0 aromatic heterocycles. The lowest BCUT2D eigenvalue weighted by Crippen LogP contribution is -2.00. The third-order valence-corrected chi connectivity index (χ3v) is 3.54. The Bertz CT molecular complexity index is 646. The number of benzene rings is 2. The second-order valence-corrected chi connectivity index (χ2v) is 5.69. The highest BCUT2D eigenvalue weighted by molar-refractivity contribution is 7.86. The Hall–Kier alpha value is -1.39. The number of hydrogen-bond donors (Lipinski definition) is 1. The van der Waals surface area contributed by atoms with Gasteiger partial charge in [0.15, 0.2) is 0 Å². The van der Waals surface area contributed by atoms with E-state index in [0.29, 0.717) is 5.39 Å². The first kappa shape index (κ1) is 19.6. The smallest absolute Gasteiger partial charge is 0.282 e. The van der Waals surface area contributed by atoms with Gasteiger partial charge in [-0.2, -0.15) is 8.42 Å². The molecule has 0 spiro atoms. The minimum absolute atomic E-state index is 0.0275. The van der Waals surface area contributed by atoms with E-state index in [9.17, 15) is 8.42 Å². The fourth-order valence-electron chi connectivity index (χ4n) is 1.87. The summed E-state index contributed by atoms with van der Waals surface area (Å²) < 4.78 is 31.5. The van der Waals surface area contributed by atoms with Crippen molar-refractivity contribution in [2.45, 2.75) is 52.4 Å². The van der Waals surface area contributed by atoms with E-state index in [1.165, 1.54) is 12.5 Å². The van der Waals surface area contributed by atoms with Gasteiger partial charge in [-0.1, -0.05) is 71.4 Å². The molecule has 4 heteroatoms. The zero-order valence-corrected chi connectivity index (χ0v) is 14.4. The van der Waals surface area contributed by atoms with Crippen molar-refractivity contribution < 1.29 is 13.0 Å². The van der Waals surface area contributed by atoms with E-state index < -0.39 is 10.1 Å². The van der Waals surface area contributed by atoms with Crippen molar-refractivity contribution in [3.8, 4) is 0 Å². The second kappa shape index (κ2) is 9.53. The molecule has 2 rings (SSSR count). The first-order valence-corrected chi connectivity index (χ1v) is 8.87. The number of fused-ring (bicyclic) bond motifs is 1. The van der Waals surface area contributed by atoms with Crippen LogP contribution in [-0.2, 0) is 16.5 Å². The van der Waals surface area contributed by atoms with Crippen LogP contribution < -0.4 is 0 Å². The van der Waals surface area contributed by atoms with Crippen molar-refractivity contribution in [1.29, 1.82) is 0 Å². The predicted octanol–water partition coefficient (Wildman–Crippen LogP) is 5.09. The van der Waals surface area contributed by atoms with Crippen molar-refractivity contribution in [1.82, 2.24) is 0 Å². The van der Waals surface area contributed by atoms with Gasteiger partial charge >= 0.3 is 0 Å². The summed E-state index contributed by atoms with van der Waals surface area (Å²) in [6.07, 6.45) is 2.08. The zero-order chi connectivity index (χ0) is 16.5. The van der Waals surface area contributed by atoms with Crippen LogP contribution in [0.4, 0.5) is 0 Å². The molecule has 0 aliphatic rings. The molecule has 0 heterocycles. The first-order chi connectivity index (χ1) is 9.95. The molecule has 0 saturated heterocycles. The average molecular weight is 310 g/mol. The average Bonchev–Trinajstić information content (AvgIpc) is 2.48. The summed E-state index contributed by atoms with van der Waals surface area (Å²) in [5.74, 6) is 0. The fraction of sp³-hybridized carbons (Fsp3) is 0.412. The molecule has 1 N–H and O–H groups in total. The minimum atomic E-state index is -4.15. The standard InChI is InChI=1S/C12H12O3S.C3H8.C2H6/c1-2-9-7-8-12(16(13,14)15)11-6-4-3-5-10(9)11;1-3-2;1-2/h3-8H,2H2,1H3,(H,13,14,15);3H2,1-2H3;1-2H3. The molecule has 0 amide bonds. The van der Waals surface area contributed by atoms with Crippen molar-refractivity contribution in [2.75, 3.05) is 0 Å². The minimum Gasteiger partial charge on any atom is -0.282 e. The topological polar surface area (TPSA) is 54.4 Å². The SMILES string of the molecule is CC.CCC.CCc1ccc(S(=O)(=O)O)c2ccccc12. The molecule has 118 valence electrons. The van der Waals surface area contributed by atoms with Crippen molar-refractivity contribution in [3.05, 3.63) is 42.0 Å². The van der Waals surface area contributed by atoms with Crippen LogP contribution in [0.2, 0.25) is 0 Å². The Morgan fingerprint density at radius 3 is 1.81 bits per heavy atom. The van der Waals surface area contributed by atoms with E-state index in [2.05, 4.69) is 13.8 Å². The lowest BCUT2D eigenvalue weighted by atomic mass is 10.0. The Balaban J connectivity index is 0.000000713. The summed E-state index contributed by atoms with van der Waals surface area (Å²) in [6.45, 7) is 10.3. The summed E-state index contributed by atoms with van der Waals surface area (Å²) in [5.41, 5.74) is 1.07. The van der Waals surface area contributed by atoms with Crippen LogP contribution in [0.1, 0.15) is 46.6 Å². The van der Waals surface area contributed by atoms with Gasteiger partial charge in [-0.25, -0.2) is 0 Å². The Morgan fingerprint density at radius 1 is 0.905 bits per heavy atom. The zero-order valence-electron chi connectivity index (χ0n) is 13.6. The van der Waals surface area contributed by atoms with E-state index >= 15 is 0 Å². The summed E-state index contributed by atoms with van der Waals surface area (Å²) in [4.78, 5) is -0.0275. The van der Waals surface area contributed by atoms with Crippen molar-refractivity contribution >= 4 is 20.9 Å². The van der Waals surface area contributed by atoms with Gasteiger partial charge in [0.05, 0.1) is 0 Å². The summed E-state index contributed by atoms with van der Waals surface area (Å²) in [6, 6.07) is 10.4. The Kier molecular flexibility index (Phi) is 8.90. The maximum atomic E-state index is 11.2. The molecule has 0 aliphatic heterocycles. The maximum absolute atomic E-state index is 11.2. The third kappa shape index (κ3) is 5.48. The van der Waals surface area contributed by atoms with E-state index in [1.54, 1.807) is 18.2 Å². The van der Waals surface area contributed by atoms with Crippen molar-refractivity contribution in [2.24, 2.45) is 0 Å². The van der Waals surface area contributed by atoms with Gasteiger partial charge < -0.3 is 0 Å². The first-order valence-electron chi connectivity index (χ1n) is 7.43. The van der Waals surface area contributed by atoms with Crippen LogP contribution in [0, 0.1) is 0 Å². The Labute approximate surface area is 128 Å². The Morgan fingerprint density at radius 2 is 1.38 bits per heavy atom. The molecule has 2 aromatic rings. The number of aryl methyl sites for hydroxylation is 1. The molecule has 3 nitrogen and oxygen atoms in total. The lowest BCUT2D eigenvalue weighted by molar-refractivity contribution is 0.484. The molecule has 0 unspecified atom stereocenters. The normalized spacial score (nSPS) is 10.2. The highest BCUT2D eigenvalue weighted by Gasteiger charge is 2.14. The molecule has 0 saturated carbocycles. The van der Waals surface area contributed by atoms with Gasteiger partial charge in [0.2, 0.25) is 0 Å². The molecule has 2 aromatic carbocycles. The largest absolute Gasteiger partial charge is 0.295 e.